The lowest BCUT2D eigenvalue weighted by Crippen LogP contribution is -2.22. The SMILES string of the molecule is Cc1nc2ccccc2c(=O)n1-c1ccc(C(=O)Nc2ccnn2Cc2ccc(Cl)cc2)cc1. The molecule has 1 amide bonds. The topological polar surface area (TPSA) is 81.8 Å². The minimum Gasteiger partial charge on any atom is -0.307 e. The van der Waals surface area contributed by atoms with Gasteiger partial charge in [0.05, 0.1) is 29.3 Å². The van der Waals surface area contributed by atoms with E-state index >= 15 is 0 Å². The number of amides is 1. The lowest BCUT2D eigenvalue weighted by Gasteiger charge is -2.12. The highest BCUT2D eigenvalue weighted by Crippen LogP contribution is 2.16. The maximum atomic E-state index is 13.0. The second-order valence-electron chi connectivity index (χ2n) is 7.82. The van der Waals surface area contributed by atoms with Gasteiger partial charge in [0.2, 0.25) is 0 Å². The summed E-state index contributed by atoms with van der Waals surface area (Å²) in [5.74, 6) is 0.881. The summed E-state index contributed by atoms with van der Waals surface area (Å²) in [7, 11) is 0. The average Bonchev–Trinajstić information content (AvgIpc) is 3.27. The summed E-state index contributed by atoms with van der Waals surface area (Å²) in [6, 6.07) is 23.3. The van der Waals surface area contributed by atoms with Crippen molar-refractivity contribution in [3.63, 3.8) is 0 Å². The minimum absolute atomic E-state index is 0.147. The number of rotatable bonds is 5. The molecular weight excluding hydrogens is 450 g/mol. The van der Waals surface area contributed by atoms with Crippen molar-refractivity contribution in [2.75, 3.05) is 5.32 Å². The predicted molar refractivity (Wildman–Crippen MR) is 133 cm³/mol. The van der Waals surface area contributed by atoms with E-state index in [9.17, 15) is 9.59 Å². The first-order valence-electron chi connectivity index (χ1n) is 10.7. The van der Waals surface area contributed by atoms with E-state index in [2.05, 4.69) is 15.4 Å². The van der Waals surface area contributed by atoms with Gasteiger partial charge in [0.15, 0.2) is 0 Å². The molecule has 0 spiro atoms. The van der Waals surface area contributed by atoms with Crippen molar-refractivity contribution in [3.05, 3.63) is 117 Å². The van der Waals surface area contributed by atoms with Crippen LogP contribution in [0.2, 0.25) is 5.02 Å². The first-order chi connectivity index (χ1) is 16.5. The number of hydrogen-bond donors (Lipinski definition) is 1. The molecule has 1 N–H and O–H groups in total. The van der Waals surface area contributed by atoms with Crippen molar-refractivity contribution in [1.29, 1.82) is 0 Å². The Kier molecular flexibility index (Phi) is 5.69. The summed E-state index contributed by atoms with van der Waals surface area (Å²) in [4.78, 5) is 30.4. The third kappa shape index (κ3) is 4.21. The van der Waals surface area contributed by atoms with Crippen molar-refractivity contribution < 1.29 is 4.79 Å². The van der Waals surface area contributed by atoms with E-state index in [1.165, 1.54) is 0 Å². The molecule has 0 atom stereocenters. The molecule has 5 aromatic rings. The smallest absolute Gasteiger partial charge is 0.265 e. The van der Waals surface area contributed by atoms with Gasteiger partial charge in [0, 0.05) is 16.7 Å². The number of nitrogens with zero attached hydrogens (tertiary/aromatic N) is 4. The highest BCUT2D eigenvalue weighted by Gasteiger charge is 2.13. The first kappa shape index (κ1) is 21.6. The summed E-state index contributed by atoms with van der Waals surface area (Å²) in [5.41, 5.74) is 2.63. The number of fused-ring (bicyclic) bond motifs is 1. The Hall–Kier alpha value is -4.23. The number of halogens is 1. The maximum Gasteiger partial charge on any atom is 0.265 e. The van der Waals surface area contributed by atoms with Crippen LogP contribution in [0.5, 0.6) is 0 Å². The lowest BCUT2D eigenvalue weighted by molar-refractivity contribution is 0.102. The standard InChI is InChI=1S/C26H20ClN5O2/c1-17-29-23-5-3-2-4-22(23)26(34)32(17)21-12-8-19(9-13-21)25(33)30-24-14-15-28-31(24)16-18-6-10-20(27)11-7-18/h2-15H,16H2,1H3,(H,30,33). The highest BCUT2D eigenvalue weighted by atomic mass is 35.5. The molecule has 5 rings (SSSR count). The van der Waals surface area contributed by atoms with Gasteiger partial charge < -0.3 is 5.32 Å². The fraction of sp³-hybridized carbons (Fsp3) is 0.0769. The van der Waals surface area contributed by atoms with Gasteiger partial charge in [-0.05, 0) is 61.0 Å². The number of para-hydroxylation sites is 1. The van der Waals surface area contributed by atoms with Gasteiger partial charge in [-0.15, -0.1) is 0 Å². The molecule has 0 aliphatic carbocycles. The van der Waals surface area contributed by atoms with E-state index in [1.807, 2.05) is 42.5 Å². The van der Waals surface area contributed by atoms with Crippen LogP contribution in [0.3, 0.4) is 0 Å². The van der Waals surface area contributed by atoms with Crippen molar-refractivity contribution >= 4 is 34.2 Å². The van der Waals surface area contributed by atoms with Crippen LogP contribution in [0.1, 0.15) is 21.7 Å². The third-order valence-corrected chi connectivity index (χ3v) is 5.79. The quantitative estimate of drug-likeness (QED) is 0.399. The average molecular weight is 470 g/mol. The zero-order valence-corrected chi connectivity index (χ0v) is 19.0. The van der Waals surface area contributed by atoms with E-state index < -0.39 is 0 Å². The molecule has 3 aromatic carbocycles. The Morgan fingerprint density at radius 1 is 0.971 bits per heavy atom. The molecule has 2 aromatic heterocycles. The zero-order valence-electron chi connectivity index (χ0n) is 18.3. The number of anilines is 1. The molecule has 7 nitrogen and oxygen atoms in total. The highest BCUT2D eigenvalue weighted by molar-refractivity contribution is 6.30. The monoisotopic (exact) mass is 469 g/mol. The Bertz CT molecular complexity index is 1550. The second kappa shape index (κ2) is 8.96. The van der Waals surface area contributed by atoms with Crippen molar-refractivity contribution in [2.24, 2.45) is 0 Å². The molecule has 0 saturated heterocycles. The number of nitrogens with one attached hydrogen (secondary N) is 1. The molecule has 168 valence electrons. The number of aromatic nitrogens is 4. The third-order valence-electron chi connectivity index (χ3n) is 5.53. The summed E-state index contributed by atoms with van der Waals surface area (Å²) in [6.07, 6.45) is 1.64. The second-order valence-corrected chi connectivity index (χ2v) is 8.25. The van der Waals surface area contributed by atoms with Gasteiger partial charge in [0.1, 0.15) is 11.6 Å². The summed E-state index contributed by atoms with van der Waals surface area (Å²) >= 11 is 5.95. The molecule has 0 aliphatic rings. The number of benzene rings is 3. The van der Waals surface area contributed by atoms with Crippen LogP contribution < -0.4 is 10.9 Å². The first-order valence-corrected chi connectivity index (χ1v) is 11.0. The van der Waals surface area contributed by atoms with Crippen molar-refractivity contribution in [1.82, 2.24) is 19.3 Å². The van der Waals surface area contributed by atoms with Crippen LogP contribution in [0.25, 0.3) is 16.6 Å². The van der Waals surface area contributed by atoms with Gasteiger partial charge >= 0.3 is 0 Å². The van der Waals surface area contributed by atoms with Crippen molar-refractivity contribution in [3.8, 4) is 5.69 Å². The molecular formula is C26H20ClN5O2. The fourth-order valence-electron chi connectivity index (χ4n) is 3.83. The van der Waals surface area contributed by atoms with E-state index in [0.29, 0.717) is 45.4 Å². The Morgan fingerprint density at radius 2 is 1.71 bits per heavy atom. The Morgan fingerprint density at radius 3 is 2.47 bits per heavy atom. The molecule has 2 heterocycles. The van der Waals surface area contributed by atoms with E-state index in [0.717, 1.165) is 5.56 Å². The largest absolute Gasteiger partial charge is 0.307 e. The summed E-state index contributed by atoms with van der Waals surface area (Å²) in [6.45, 7) is 2.28. The maximum absolute atomic E-state index is 13.0. The lowest BCUT2D eigenvalue weighted by atomic mass is 10.1. The van der Waals surface area contributed by atoms with Gasteiger partial charge in [-0.1, -0.05) is 35.9 Å². The van der Waals surface area contributed by atoms with Crippen LogP contribution in [-0.4, -0.2) is 25.2 Å². The van der Waals surface area contributed by atoms with E-state index in [1.54, 1.807) is 58.8 Å². The van der Waals surface area contributed by atoms with Crippen LogP contribution in [0.4, 0.5) is 5.82 Å². The molecule has 0 fully saturated rings. The minimum atomic E-state index is -0.273. The van der Waals surface area contributed by atoms with Crippen LogP contribution in [0.15, 0.2) is 89.9 Å². The van der Waals surface area contributed by atoms with Gasteiger partial charge in [-0.3, -0.25) is 14.2 Å². The molecule has 0 bridgehead atoms. The molecule has 0 aliphatic heterocycles. The van der Waals surface area contributed by atoms with Crippen LogP contribution in [0, 0.1) is 6.92 Å². The fourth-order valence-corrected chi connectivity index (χ4v) is 3.95. The Balaban J connectivity index is 1.37. The summed E-state index contributed by atoms with van der Waals surface area (Å²) in [5, 5.41) is 8.41. The van der Waals surface area contributed by atoms with Gasteiger partial charge in [-0.25, -0.2) is 9.67 Å². The number of aryl methyl sites for hydroxylation is 1. The Labute approximate surface area is 200 Å². The molecule has 0 saturated carbocycles. The van der Waals surface area contributed by atoms with Gasteiger partial charge in [-0.2, -0.15) is 5.10 Å². The number of hydrogen-bond acceptors (Lipinski definition) is 4. The van der Waals surface area contributed by atoms with Gasteiger partial charge in [0.25, 0.3) is 11.5 Å². The van der Waals surface area contributed by atoms with Crippen LogP contribution in [-0.2, 0) is 6.54 Å². The van der Waals surface area contributed by atoms with Crippen LogP contribution >= 0.6 is 11.6 Å². The van der Waals surface area contributed by atoms with E-state index in [4.69, 9.17) is 11.6 Å². The molecule has 34 heavy (non-hydrogen) atoms. The summed E-state index contributed by atoms with van der Waals surface area (Å²) < 4.78 is 3.25. The number of carbonyl (C=O) groups excluding carboxylic acids is 1. The van der Waals surface area contributed by atoms with E-state index in [-0.39, 0.29) is 11.5 Å². The van der Waals surface area contributed by atoms with Crippen molar-refractivity contribution in [2.45, 2.75) is 13.5 Å². The molecule has 8 heteroatoms. The zero-order chi connectivity index (χ0) is 23.7. The number of carbonyl (C=O) groups is 1. The molecule has 0 radical (unpaired) electrons. The molecule has 0 unspecified atom stereocenters. The predicted octanol–water partition coefficient (Wildman–Crippen LogP) is 4.84. The normalized spacial score (nSPS) is 11.0.